The molecule has 21 heavy (non-hydrogen) atoms. The molecule has 0 aromatic carbocycles. The largest absolute Gasteiger partial charge is 0.481 e. The number of hydrogen-bond acceptors (Lipinski definition) is 4. The van der Waals surface area contributed by atoms with Crippen molar-refractivity contribution in [2.24, 2.45) is 0 Å². The van der Waals surface area contributed by atoms with Crippen LogP contribution in [0.5, 0.6) is 5.88 Å². The zero-order chi connectivity index (χ0) is 14.8. The van der Waals surface area contributed by atoms with Crippen molar-refractivity contribution in [3.8, 4) is 5.88 Å². The lowest BCUT2D eigenvalue weighted by Crippen LogP contribution is -2.34. The molecule has 3 rings (SSSR count). The van der Waals surface area contributed by atoms with Gasteiger partial charge in [-0.25, -0.2) is 0 Å². The summed E-state index contributed by atoms with van der Waals surface area (Å²) in [7, 11) is 1.64. The Hall–Kier alpha value is -1.40. The van der Waals surface area contributed by atoms with Gasteiger partial charge >= 0.3 is 0 Å². The van der Waals surface area contributed by atoms with Crippen LogP contribution < -0.4 is 4.74 Å². The molecule has 6 heteroatoms. The molecule has 2 aromatic heterocycles. The summed E-state index contributed by atoms with van der Waals surface area (Å²) in [5, 5.41) is 0. The highest BCUT2D eigenvalue weighted by atomic mass is 32.1. The number of H-pyrrole nitrogens is 1. The highest BCUT2D eigenvalue weighted by Crippen LogP contribution is 2.22. The number of fused-ring (bicyclic) bond motifs is 1. The minimum absolute atomic E-state index is 0.295. The molecule has 1 aliphatic heterocycles. The first-order valence-corrected chi connectivity index (χ1v) is 7.97. The van der Waals surface area contributed by atoms with Crippen LogP contribution >= 0.6 is 12.2 Å². The number of hydrogen-bond donors (Lipinski definition) is 1. The van der Waals surface area contributed by atoms with Gasteiger partial charge in [0.05, 0.1) is 12.6 Å². The molecular formula is C15H22N4OS. The highest BCUT2D eigenvalue weighted by Gasteiger charge is 2.18. The number of ether oxygens (including phenoxy) is 1. The first-order chi connectivity index (χ1) is 10.2. The molecule has 1 atom stereocenters. The fourth-order valence-electron chi connectivity index (χ4n) is 3.10. The van der Waals surface area contributed by atoms with Gasteiger partial charge in [0.1, 0.15) is 0 Å². The summed E-state index contributed by atoms with van der Waals surface area (Å²) in [5.41, 5.74) is 1.84. The van der Waals surface area contributed by atoms with Crippen molar-refractivity contribution in [1.82, 2.24) is 19.4 Å². The summed E-state index contributed by atoms with van der Waals surface area (Å²) in [6, 6.07) is 4.12. The molecule has 114 valence electrons. The summed E-state index contributed by atoms with van der Waals surface area (Å²) < 4.78 is 8.08. The normalized spacial score (nSPS) is 18.0. The van der Waals surface area contributed by atoms with Crippen molar-refractivity contribution in [3.63, 3.8) is 0 Å². The second-order valence-electron chi connectivity index (χ2n) is 5.74. The van der Waals surface area contributed by atoms with E-state index in [2.05, 4.69) is 26.4 Å². The molecule has 3 heterocycles. The molecule has 0 amide bonds. The maximum Gasteiger partial charge on any atom is 0.215 e. The summed E-state index contributed by atoms with van der Waals surface area (Å²) >= 11 is 5.48. The number of piperidine rings is 1. The van der Waals surface area contributed by atoms with Crippen molar-refractivity contribution in [3.05, 3.63) is 16.9 Å². The van der Waals surface area contributed by atoms with Gasteiger partial charge in [-0.3, -0.25) is 4.57 Å². The molecule has 1 aliphatic rings. The van der Waals surface area contributed by atoms with Crippen LogP contribution in [0.25, 0.3) is 11.2 Å². The van der Waals surface area contributed by atoms with Gasteiger partial charge in [-0.1, -0.05) is 6.42 Å². The number of imidazole rings is 1. The third kappa shape index (κ3) is 2.96. The van der Waals surface area contributed by atoms with Crippen LogP contribution in [0.3, 0.4) is 0 Å². The van der Waals surface area contributed by atoms with Crippen LogP contribution in [0.4, 0.5) is 0 Å². The summed E-state index contributed by atoms with van der Waals surface area (Å²) in [4.78, 5) is 10.3. The van der Waals surface area contributed by atoms with E-state index in [4.69, 9.17) is 17.0 Å². The number of aromatic nitrogens is 3. The van der Waals surface area contributed by atoms with E-state index in [9.17, 15) is 0 Å². The number of nitrogens with zero attached hydrogens (tertiary/aromatic N) is 3. The highest BCUT2D eigenvalue weighted by molar-refractivity contribution is 7.71. The molecule has 0 spiro atoms. The molecule has 1 N–H and O–H groups in total. The Bertz CT molecular complexity index is 672. The zero-order valence-corrected chi connectivity index (χ0v) is 13.4. The Kier molecular flexibility index (Phi) is 4.26. The van der Waals surface area contributed by atoms with Crippen molar-refractivity contribution in [2.45, 2.75) is 32.2 Å². The topological polar surface area (TPSA) is 46.1 Å². The van der Waals surface area contributed by atoms with E-state index >= 15 is 0 Å². The van der Waals surface area contributed by atoms with Crippen molar-refractivity contribution >= 4 is 23.4 Å². The lowest BCUT2D eigenvalue weighted by atomic mass is 10.1. The average molecular weight is 306 g/mol. The van der Waals surface area contributed by atoms with Crippen LogP contribution in [-0.2, 0) is 0 Å². The maximum atomic E-state index is 5.48. The predicted molar refractivity (Wildman–Crippen MR) is 86.5 cm³/mol. The monoisotopic (exact) mass is 306 g/mol. The fourth-order valence-corrected chi connectivity index (χ4v) is 3.48. The maximum absolute atomic E-state index is 5.48. The van der Waals surface area contributed by atoms with Crippen LogP contribution in [0.2, 0.25) is 0 Å². The molecule has 1 fully saturated rings. The van der Waals surface area contributed by atoms with Gasteiger partial charge < -0.3 is 14.6 Å². The third-order valence-corrected chi connectivity index (χ3v) is 4.46. The van der Waals surface area contributed by atoms with E-state index in [1.807, 2.05) is 12.1 Å². The Morgan fingerprint density at radius 3 is 2.81 bits per heavy atom. The second-order valence-corrected chi connectivity index (χ2v) is 6.12. The van der Waals surface area contributed by atoms with Gasteiger partial charge in [0, 0.05) is 18.7 Å². The van der Waals surface area contributed by atoms with E-state index < -0.39 is 0 Å². The van der Waals surface area contributed by atoms with E-state index in [0.717, 1.165) is 22.5 Å². The summed E-state index contributed by atoms with van der Waals surface area (Å²) in [6.07, 6.45) is 3.96. The molecule has 0 bridgehead atoms. The van der Waals surface area contributed by atoms with Crippen LogP contribution in [-0.4, -0.2) is 46.2 Å². The fraction of sp³-hybridized carbons (Fsp3) is 0.600. The van der Waals surface area contributed by atoms with Gasteiger partial charge in [0.25, 0.3) is 0 Å². The lowest BCUT2D eigenvalue weighted by Gasteiger charge is -2.29. The quantitative estimate of drug-likeness (QED) is 0.882. The number of methoxy groups -OCH3 is 1. The standard InChI is InChI=1S/C15H22N4OS/c1-11(10-18-8-4-3-5-9-18)19-14-12(16-15(19)21)6-7-13(17-14)20-2/h6-7,11H,3-5,8-10H2,1-2H3,(H,16,21). The molecule has 0 aliphatic carbocycles. The SMILES string of the molecule is COc1ccc2[nH]c(=S)n(C(C)CN3CCCCC3)c2n1. The van der Waals surface area contributed by atoms with Crippen molar-refractivity contribution in [2.75, 3.05) is 26.7 Å². The predicted octanol–water partition coefficient (Wildman–Crippen LogP) is 3.15. The van der Waals surface area contributed by atoms with E-state index in [-0.39, 0.29) is 0 Å². The molecule has 5 nitrogen and oxygen atoms in total. The molecule has 0 saturated carbocycles. The number of likely N-dealkylation sites (tertiary alicyclic amines) is 1. The molecule has 0 radical (unpaired) electrons. The third-order valence-electron chi connectivity index (χ3n) is 4.16. The molecule has 2 aromatic rings. The van der Waals surface area contributed by atoms with Gasteiger partial charge in [-0.2, -0.15) is 4.98 Å². The van der Waals surface area contributed by atoms with Crippen molar-refractivity contribution < 1.29 is 4.74 Å². The Labute approximate surface area is 129 Å². The van der Waals surface area contributed by atoms with Gasteiger partial charge in [0.2, 0.25) is 5.88 Å². The smallest absolute Gasteiger partial charge is 0.215 e. The number of nitrogens with one attached hydrogen (secondary N) is 1. The van der Waals surface area contributed by atoms with Crippen LogP contribution in [0.1, 0.15) is 32.2 Å². The Morgan fingerprint density at radius 1 is 1.33 bits per heavy atom. The minimum atomic E-state index is 0.295. The number of pyridine rings is 1. The van der Waals surface area contributed by atoms with Crippen LogP contribution in [0.15, 0.2) is 12.1 Å². The van der Waals surface area contributed by atoms with Crippen LogP contribution in [0, 0.1) is 4.77 Å². The minimum Gasteiger partial charge on any atom is -0.481 e. The molecule has 1 saturated heterocycles. The van der Waals surface area contributed by atoms with Crippen molar-refractivity contribution in [1.29, 1.82) is 0 Å². The van der Waals surface area contributed by atoms with Gasteiger partial charge in [0.15, 0.2) is 10.4 Å². The second kappa shape index (κ2) is 6.15. The number of aromatic amines is 1. The molecule has 1 unspecified atom stereocenters. The van der Waals surface area contributed by atoms with Gasteiger partial charge in [-0.15, -0.1) is 0 Å². The average Bonchev–Trinajstić information content (AvgIpc) is 2.83. The summed E-state index contributed by atoms with van der Waals surface area (Å²) in [5.74, 6) is 0.621. The van der Waals surface area contributed by atoms with E-state index in [1.54, 1.807) is 7.11 Å². The lowest BCUT2D eigenvalue weighted by molar-refractivity contribution is 0.202. The summed E-state index contributed by atoms with van der Waals surface area (Å²) in [6.45, 7) is 5.60. The number of rotatable bonds is 4. The Balaban J connectivity index is 1.90. The van der Waals surface area contributed by atoms with E-state index in [1.165, 1.54) is 32.4 Å². The Morgan fingerprint density at radius 2 is 2.10 bits per heavy atom. The zero-order valence-electron chi connectivity index (χ0n) is 12.6. The first kappa shape index (κ1) is 14.5. The van der Waals surface area contributed by atoms with E-state index in [0.29, 0.717) is 11.9 Å². The first-order valence-electron chi connectivity index (χ1n) is 7.56. The molecular weight excluding hydrogens is 284 g/mol. The van der Waals surface area contributed by atoms with Gasteiger partial charge in [-0.05, 0) is 51.1 Å².